The van der Waals surface area contributed by atoms with E-state index >= 15 is 0 Å². The van der Waals surface area contributed by atoms with Gasteiger partial charge in [-0.3, -0.25) is 4.79 Å². The number of halogens is 2. The summed E-state index contributed by atoms with van der Waals surface area (Å²) in [5.41, 5.74) is 0. The molecular formula is C9H14Br2O2. The van der Waals surface area contributed by atoms with Crippen LogP contribution >= 0.6 is 31.9 Å². The highest BCUT2D eigenvalue weighted by molar-refractivity contribution is 9.24. The van der Waals surface area contributed by atoms with Gasteiger partial charge in [-0.2, -0.15) is 0 Å². The van der Waals surface area contributed by atoms with Gasteiger partial charge in [0, 0.05) is 6.42 Å². The Morgan fingerprint density at radius 2 is 2.00 bits per heavy atom. The topological polar surface area (TPSA) is 26.3 Å². The summed E-state index contributed by atoms with van der Waals surface area (Å²) in [6, 6.07) is 0. The van der Waals surface area contributed by atoms with Crippen LogP contribution in [0.25, 0.3) is 0 Å². The Kier molecular flexibility index (Phi) is 5.32. The first-order valence-corrected chi connectivity index (χ1v) is 6.49. The van der Waals surface area contributed by atoms with Crippen LogP contribution in [0.3, 0.4) is 0 Å². The molecule has 0 aromatic heterocycles. The predicted octanol–water partition coefficient (Wildman–Crippen LogP) is 3.37. The number of esters is 1. The van der Waals surface area contributed by atoms with Crippen molar-refractivity contribution in [3.63, 3.8) is 0 Å². The molecule has 0 heterocycles. The number of hydrogen-bond donors (Lipinski definition) is 0. The van der Waals surface area contributed by atoms with Crippen molar-refractivity contribution in [2.45, 2.75) is 48.4 Å². The quantitative estimate of drug-likeness (QED) is 0.587. The van der Waals surface area contributed by atoms with E-state index < -0.39 is 0 Å². The van der Waals surface area contributed by atoms with Gasteiger partial charge in [0.25, 0.3) is 0 Å². The third-order valence-electron chi connectivity index (χ3n) is 2.17. The van der Waals surface area contributed by atoms with E-state index in [9.17, 15) is 4.79 Å². The molecule has 1 fully saturated rings. The first kappa shape index (κ1) is 11.5. The third kappa shape index (κ3) is 5.01. The molecular weight excluding hydrogens is 300 g/mol. The molecule has 1 aliphatic rings. The molecule has 0 saturated heterocycles. The molecule has 0 aromatic carbocycles. The van der Waals surface area contributed by atoms with E-state index in [2.05, 4.69) is 31.9 Å². The zero-order valence-electron chi connectivity index (χ0n) is 7.47. The lowest BCUT2D eigenvalue weighted by Gasteiger charge is -2.11. The van der Waals surface area contributed by atoms with Crippen molar-refractivity contribution in [2.75, 3.05) is 0 Å². The van der Waals surface area contributed by atoms with Gasteiger partial charge in [0.2, 0.25) is 0 Å². The molecule has 2 nitrogen and oxygen atoms in total. The second kappa shape index (κ2) is 6.02. The standard InChI is InChI=1S/C9H14Br2O2/c10-8(11)5-6-9(12)13-7-3-1-2-4-7/h7-8H,1-6H2. The molecule has 1 rings (SSSR count). The summed E-state index contributed by atoms with van der Waals surface area (Å²) in [5, 5.41) is 0. The molecule has 0 bridgehead atoms. The Morgan fingerprint density at radius 1 is 1.38 bits per heavy atom. The number of hydrogen-bond acceptors (Lipinski definition) is 2. The van der Waals surface area contributed by atoms with Crippen LogP contribution in [-0.2, 0) is 9.53 Å². The summed E-state index contributed by atoms with van der Waals surface area (Å²) < 4.78 is 5.50. The van der Waals surface area contributed by atoms with Crippen molar-refractivity contribution < 1.29 is 9.53 Å². The molecule has 13 heavy (non-hydrogen) atoms. The van der Waals surface area contributed by atoms with Gasteiger partial charge >= 0.3 is 5.97 Å². The van der Waals surface area contributed by atoms with Gasteiger partial charge in [0.05, 0.1) is 3.74 Å². The summed E-state index contributed by atoms with van der Waals surface area (Å²) in [5.74, 6) is -0.0594. The molecule has 0 unspecified atom stereocenters. The average Bonchev–Trinajstić information content (AvgIpc) is 2.53. The summed E-state index contributed by atoms with van der Waals surface area (Å²) in [7, 11) is 0. The van der Waals surface area contributed by atoms with Crippen LogP contribution in [0.15, 0.2) is 0 Å². The molecule has 76 valence electrons. The Labute approximate surface area is 95.7 Å². The van der Waals surface area contributed by atoms with Crippen molar-refractivity contribution in [2.24, 2.45) is 0 Å². The maximum Gasteiger partial charge on any atom is 0.306 e. The average molecular weight is 314 g/mol. The molecule has 1 aliphatic carbocycles. The van der Waals surface area contributed by atoms with E-state index in [0.29, 0.717) is 6.42 Å². The van der Waals surface area contributed by atoms with Crippen molar-refractivity contribution >= 4 is 37.8 Å². The molecule has 0 radical (unpaired) electrons. The number of ether oxygens (including phenoxy) is 1. The fourth-order valence-electron chi connectivity index (χ4n) is 1.48. The van der Waals surface area contributed by atoms with Gasteiger partial charge < -0.3 is 4.74 Å². The fourth-order valence-corrected chi connectivity index (χ4v) is 1.94. The third-order valence-corrected chi connectivity index (χ3v) is 3.08. The van der Waals surface area contributed by atoms with E-state index in [0.717, 1.165) is 19.3 Å². The highest BCUT2D eigenvalue weighted by atomic mass is 79.9. The zero-order valence-corrected chi connectivity index (χ0v) is 10.6. The lowest BCUT2D eigenvalue weighted by molar-refractivity contribution is -0.148. The maximum atomic E-state index is 11.2. The Morgan fingerprint density at radius 3 is 2.54 bits per heavy atom. The van der Waals surface area contributed by atoms with Crippen molar-refractivity contribution in [3.05, 3.63) is 0 Å². The fraction of sp³-hybridized carbons (Fsp3) is 0.889. The molecule has 0 aromatic rings. The second-order valence-electron chi connectivity index (χ2n) is 3.33. The number of rotatable bonds is 4. The Bertz CT molecular complexity index is 165. The van der Waals surface area contributed by atoms with Gasteiger partial charge in [-0.25, -0.2) is 0 Å². The normalized spacial score (nSPS) is 18.1. The van der Waals surface area contributed by atoms with Crippen molar-refractivity contribution in [3.8, 4) is 0 Å². The lowest BCUT2D eigenvalue weighted by atomic mass is 10.3. The van der Waals surface area contributed by atoms with E-state index in [1.165, 1.54) is 12.8 Å². The smallest absolute Gasteiger partial charge is 0.306 e. The lowest BCUT2D eigenvalue weighted by Crippen LogP contribution is -2.14. The highest BCUT2D eigenvalue weighted by Gasteiger charge is 2.19. The van der Waals surface area contributed by atoms with Crippen LogP contribution in [0.1, 0.15) is 38.5 Å². The molecule has 0 aliphatic heterocycles. The van der Waals surface area contributed by atoms with Gasteiger partial charge in [-0.1, -0.05) is 31.9 Å². The number of carbonyl (C=O) groups excluding carboxylic acids is 1. The van der Waals surface area contributed by atoms with Crippen LogP contribution in [0.4, 0.5) is 0 Å². The van der Waals surface area contributed by atoms with Crippen LogP contribution in [-0.4, -0.2) is 15.8 Å². The van der Waals surface area contributed by atoms with Crippen LogP contribution < -0.4 is 0 Å². The summed E-state index contributed by atoms with van der Waals surface area (Å²) >= 11 is 6.65. The Balaban J connectivity index is 2.09. The maximum absolute atomic E-state index is 11.2. The van der Waals surface area contributed by atoms with Gasteiger partial charge in [-0.05, 0) is 32.1 Å². The molecule has 0 N–H and O–H groups in total. The van der Waals surface area contributed by atoms with Crippen molar-refractivity contribution in [1.29, 1.82) is 0 Å². The molecule has 4 heteroatoms. The highest BCUT2D eigenvalue weighted by Crippen LogP contribution is 2.22. The minimum Gasteiger partial charge on any atom is -0.462 e. The summed E-state index contributed by atoms with van der Waals surface area (Å²) in [6.07, 6.45) is 6.00. The van der Waals surface area contributed by atoms with Crippen LogP contribution in [0.5, 0.6) is 0 Å². The van der Waals surface area contributed by atoms with E-state index in [4.69, 9.17) is 4.74 Å². The Hall–Kier alpha value is 0.430. The predicted molar refractivity (Wildman–Crippen MR) is 59.2 cm³/mol. The molecule has 0 atom stereocenters. The van der Waals surface area contributed by atoms with Gasteiger partial charge in [-0.15, -0.1) is 0 Å². The first-order valence-electron chi connectivity index (χ1n) is 4.66. The minimum atomic E-state index is -0.0594. The molecule has 0 spiro atoms. The SMILES string of the molecule is O=C(CCC(Br)Br)OC1CCCC1. The van der Waals surface area contributed by atoms with Crippen LogP contribution in [0, 0.1) is 0 Å². The minimum absolute atomic E-state index is 0.0594. The zero-order chi connectivity index (χ0) is 9.68. The number of alkyl halides is 2. The summed E-state index contributed by atoms with van der Waals surface area (Å²) in [4.78, 5) is 11.2. The van der Waals surface area contributed by atoms with Crippen molar-refractivity contribution in [1.82, 2.24) is 0 Å². The number of carbonyl (C=O) groups is 1. The van der Waals surface area contributed by atoms with Gasteiger partial charge in [0.1, 0.15) is 6.10 Å². The molecule has 1 saturated carbocycles. The van der Waals surface area contributed by atoms with E-state index in [1.54, 1.807) is 0 Å². The van der Waals surface area contributed by atoms with E-state index in [1.807, 2.05) is 0 Å². The van der Waals surface area contributed by atoms with Gasteiger partial charge in [0.15, 0.2) is 0 Å². The largest absolute Gasteiger partial charge is 0.462 e. The molecule has 0 amide bonds. The first-order chi connectivity index (χ1) is 6.18. The summed E-state index contributed by atoms with van der Waals surface area (Å²) in [6.45, 7) is 0. The van der Waals surface area contributed by atoms with E-state index in [-0.39, 0.29) is 15.8 Å². The van der Waals surface area contributed by atoms with Crippen LogP contribution in [0.2, 0.25) is 0 Å². The second-order valence-corrected chi connectivity index (χ2v) is 6.77. The monoisotopic (exact) mass is 312 g/mol.